The minimum absolute atomic E-state index is 0.257. The minimum Gasteiger partial charge on any atom is -0.454 e. The lowest BCUT2D eigenvalue weighted by Crippen LogP contribution is -2.20. The molecule has 1 aliphatic rings. The van der Waals surface area contributed by atoms with Crippen LogP contribution < -0.4 is 14.9 Å². The van der Waals surface area contributed by atoms with Crippen molar-refractivity contribution in [2.75, 3.05) is 6.79 Å². The van der Waals surface area contributed by atoms with Gasteiger partial charge in [0.25, 0.3) is 5.91 Å². The molecular formula is C24H24FN3O3. The molecule has 1 aromatic heterocycles. The molecule has 3 aromatic rings. The molecule has 0 spiro atoms. The van der Waals surface area contributed by atoms with Crippen LogP contribution >= 0.6 is 0 Å². The van der Waals surface area contributed by atoms with Crippen LogP contribution in [0.5, 0.6) is 11.5 Å². The number of halogens is 1. The number of nitrogens with zero attached hydrogens (tertiary/aromatic N) is 2. The summed E-state index contributed by atoms with van der Waals surface area (Å²) in [6.07, 6.45) is 1.48. The first-order valence-corrected chi connectivity index (χ1v) is 10.1. The fourth-order valence-corrected chi connectivity index (χ4v) is 3.66. The van der Waals surface area contributed by atoms with Gasteiger partial charge in [0.2, 0.25) is 6.79 Å². The Morgan fingerprint density at radius 3 is 2.61 bits per heavy atom. The van der Waals surface area contributed by atoms with Gasteiger partial charge < -0.3 is 14.0 Å². The second kappa shape index (κ2) is 8.63. The molecule has 160 valence electrons. The van der Waals surface area contributed by atoms with Gasteiger partial charge in [0.1, 0.15) is 5.82 Å². The third-order valence-electron chi connectivity index (χ3n) is 5.32. The predicted molar refractivity (Wildman–Crippen MR) is 117 cm³/mol. The summed E-state index contributed by atoms with van der Waals surface area (Å²) >= 11 is 0. The van der Waals surface area contributed by atoms with Crippen LogP contribution in [0.25, 0.3) is 5.69 Å². The number of ether oxygens (including phenoxy) is 2. The van der Waals surface area contributed by atoms with Crippen LogP contribution in [0.2, 0.25) is 0 Å². The van der Waals surface area contributed by atoms with Gasteiger partial charge in [-0.05, 0) is 81.6 Å². The van der Waals surface area contributed by atoms with E-state index in [-0.39, 0.29) is 18.5 Å². The van der Waals surface area contributed by atoms with E-state index >= 15 is 0 Å². The first kappa shape index (κ1) is 20.7. The number of carbonyl (C=O) groups excluding carboxylic acids is 1. The Labute approximate surface area is 180 Å². The van der Waals surface area contributed by atoms with E-state index in [1.54, 1.807) is 12.1 Å². The topological polar surface area (TPSA) is 64.8 Å². The molecule has 1 aliphatic heterocycles. The van der Waals surface area contributed by atoms with Gasteiger partial charge >= 0.3 is 0 Å². The summed E-state index contributed by atoms with van der Waals surface area (Å²) in [6.45, 7) is 5.91. The second-order valence-corrected chi connectivity index (χ2v) is 7.57. The van der Waals surface area contributed by atoms with Crippen LogP contribution in [-0.2, 0) is 6.42 Å². The molecule has 0 unspecified atom stereocenters. The summed E-state index contributed by atoms with van der Waals surface area (Å²) in [6, 6.07) is 13.9. The fraction of sp³-hybridized carbons (Fsp3) is 0.250. The molecule has 0 bridgehead atoms. The lowest BCUT2D eigenvalue weighted by Gasteiger charge is -2.09. The summed E-state index contributed by atoms with van der Waals surface area (Å²) < 4.78 is 25.9. The van der Waals surface area contributed by atoms with Gasteiger partial charge in [-0.3, -0.25) is 4.79 Å². The smallest absolute Gasteiger partial charge is 0.273 e. The number of rotatable bonds is 6. The van der Waals surface area contributed by atoms with E-state index in [1.165, 1.54) is 12.1 Å². The molecule has 0 fully saturated rings. The van der Waals surface area contributed by atoms with Crippen LogP contribution in [0.15, 0.2) is 53.6 Å². The average molecular weight is 421 g/mol. The number of nitrogens with one attached hydrogen (secondary N) is 1. The summed E-state index contributed by atoms with van der Waals surface area (Å²) in [4.78, 5) is 12.7. The van der Waals surface area contributed by atoms with E-state index in [1.807, 2.05) is 49.6 Å². The highest BCUT2D eigenvalue weighted by Crippen LogP contribution is 2.32. The van der Waals surface area contributed by atoms with Crippen LogP contribution in [0.1, 0.15) is 40.7 Å². The molecule has 0 atom stereocenters. The largest absolute Gasteiger partial charge is 0.454 e. The van der Waals surface area contributed by atoms with Gasteiger partial charge in [-0.15, -0.1) is 0 Å². The van der Waals surface area contributed by atoms with E-state index in [9.17, 15) is 9.18 Å². The van der Waals surface area contributed by atoms with Crippen molar-refractivity contribution < 1.29 is 18.7 Å². The lowest BCUT2D eigenvalue weighted by molar-refractivity contribution is 0.0954. The molecule has 1 amide bonds. The monoisotopic (exact) mass is 421 g/mol. The molecule has 0 saturated heterocycles. The highest BCUT2D eigenvalue weighted by molar-refractivity contribution is 5.96. The van der Waals surface area contributed by atoms with E-state index in [2.05, 4.69) is 10.5 Å². The van der Waals surface area contributed by atoms with Gasteiger partial charge in [-0.1, -0.05) is 6.07 Å². The maximum absolute atomic E-state index is 13.2. The SMILES string of the molecule is C/C(CCc1ccc2c(c1)OCO2)=N/NC(=O)c1cc(C)n(-c2ccc(F)cc2)c1C. The molecule has 2 heterocycles. The quantitative estimate of drug-likeness (QED) is 0.463. The third kappa shape index (κ3) is 4.45. The highest BCUT2D eigenvalue weighted by atomic mass is 19.1. The molecule has 4 rings (SSSR count). The summed E-state index contributed by atoms with van der Waals surface area (Å²) in [5.41, 5.74) is 7.59. The standard InChI is InChI=1S/C24H24FN3O3/c1-15(4-5-18-6-11-22-23(13-18)31-14-30-22)26-27-24(29)21-12-16(2)28(17(21)3)20-9-7-19(25)8-10-20/h6-13H,4-5,14H2,1-3H3,(H,27,29)/b26-15-. The highest BCUT2D eigenvalue weighted by Gasteiger charge is 2.17. The van der Waals surface area contributed by atoms with Crippen molar-refractivity contribution in [3.8, 4) is 17.2 Å². The summed E-state index contributed by atoms with van der Waals surface area (Å²) in [5.74, 6) is 0.954. The van der Waals surface area contributed by atoms with Crippen LogP contribution in [0, 0.1) is 19.7 Å². The maximum Gasteiger partial charge on any atom is 0.273 e. The van der Waals surface area contributed by atoms with Crippen molar-refractivity contribution in [1.82, 2.24) is 9.99 Å². The van der Waals surface area contributed by atoms with E-state index < -0.39 is 0 Å². The molecular weight excluding hydrogens is 397 g/mol. The molecule has 0 aliphatic carbocycles. The van der Waals surface area contributed by atoms with E-state index in [4.69, 9.17) is 9.47 Å². The number of hydrazone groups is 1. The zero-order chi connectivity index (χ0) is 22.0. The minimum atomic E-state index is -0.297. The Bertz CT molecular complexity index is 1150. The third-order valence-corrected chi connectivity index (χ3v) is 5.32. The van der Waals surface area contributed by atoms with Gasteiger partial charge in [-0.2, -0.15) is 5.10 Å². The van der Waals surface area contributed by atoms with E-state index in [0.717, 1.165) is 46.3 Å². The maximum atomic E-state index is 13.2. The van der Waals surface area contributed by atoms with Gasteiger partial charge in [0.15, 0.2) is 11.5 Å². The van der Waals surface area contributed by atoms with Gasteiger partial charge in [0.05, 0.1) is 5.56 Å². The molecule has 6 nitrogen and oxygen atoms in total. The summed E-state index contributed by atoms with van der Waals surface area (Å²) in [5, 5.41) is 4.25. The number of amides is 1. The Morgan fingerprint density at radius 1 is 1.10 bits per heavy atom. The first-order chi connectivity index (χ1) is 14.9. The number of hydrogen-bond donors (Lipinski definition) is 1. The predicted octanol–water partition coefficient (Wildman–Crippen LogP) is 4.70. The Hall–Kier alpha value is -3.61. The number of aryl methyl sites for hydroxylation is 2. The van der Waals surface area contributed by atoms with Crippen LogP contribution in [0.3, 0.4) is 0 Å². The van der Waals surface area contributed by atoms with Gasteiger partial charge in [-0.25, -0.2) is 9.82 Å². The van der Waals surface area contributed by atoms with Crippen molar-refractivity contribution in [1.29, 1.82) is 0 Å². The number of benzene rings is 2. The molecule has 0 saturated carbocycles. The first-order valence-electron chi connectivity index (χ1n) is 10.1. The zero-order valence-electron chi connectivity index (χ0n) is 17.7. The molecule has 0 radical (unpaired) electrons. The molecule has 1 N–H and O–H groups in total. The van der Waals surface area contributed by atoms with Crippen molar-refractivity contribution in [2.24, 2.45) is 5.10 Å². The summed E-state index contributed by atoms with van der Waals surface area (Å²) in [7, 11) is 0. The average Bonchev–Trinajstić information content (AvgIpc) is 3.34. The normalized spacial score (nSPS) is 12.8. The van der Waals surface area contributed by atoms with Crippen LogP contribution in [0.4, 0.5) is 4.39 Å². The number of carbonyl (C=O) groups is 1. The number of aromatic nitrogens is 1. The molecule has 2 aromatic carbocycles. The van der Waals surface area contributed by atoms with Crippen molar-refractivity contribution in [2.45, 2.75) is 33.6 Å². The zero-order valence-corrected chi connectivity index (χ0v) is 17.7. The van der Waals surface area contributed by atoms with Crippen LogP contribution in [-0.4, -0.2) is 23.0 Å². The Morgan fingerprint density at radius 2 is 1.84 bits per heavy atom. The fourth-order valence-electron chi connectivity index (χ4n) is 3.66. The van der Waals surface area contributed by atoms with E-state index in [0.29, 0.717) is 12.0 Å². The molecule has 31 heavy (non-hydrogen) atoms. The van der Waals surface area contributed by atoms with Crippen molar-refractivity contribution in [3.63, 3.8) is 0 Å². The second-order valence-electron chi connectivity index (χ2n) is 7.57. The molecule has 7 heteroatoms. The number of hydrogen-bond acceptors (Lipinski definition) is 4. The van der Waals surface area contributed by atoms with Crippen molar-refractivity contribution >= 4 is 11.6 Å². The number of fused-ring (bicyclic) bond motifs is 1. The lowest BCUT2D eigenvalue weighted by atomic mass is 10.1. The van der Waals surface area contributed by atoms with Gasteiger partial charge in [0, 0.05) is 22.8 Å². The Kier molecular flexibility index (Phi) is 5.75. The Balaban J connectivity index is 1.40. The van der Waals surface area contributed by atoms with Crippen molar-refractivity contribution in [3.05, 3.63) is 76.9 Å².